The lowest BCUT2D eigenvalue weighted by Crippen LogP contribution is -2.45. The van der Waals surface area contributed by atoms with Gasteiger partial charge in [0.2, 0.25) is 5.91 Å². The molecule has 2 aliphatic rings. The van der Waals surface area contributed by atoms with Crippen molar-refractivity contribution in [2.24, 2.45) is 11.3 Å². The molecule has 0 spiro atoms. The minimum atomic E-state index is -0.763. The van der Waals surface area contributed by atoms with E-state index in [9.17, 15) is 9.59 Å². The van der Waals surface area contributed by atoms with Crippen molar-refractivity contribution in [2.75, 3.05) is 19.6 Å². The number of aliphatic carboxylic acids is 1. The van der Waals surface area contributed by atoms with Crippen LogP contribution in [-0.4, -0.2) is 36.6 Å². The second-order valence-electron chi connectivity index (χ2n) is 5.33. The van der Waals surface area contributed by atoms with Crippen molar-refractivity contribution in [1.82, 2.24) is 10.6 Å². The van der Waals surface area contributed by atoms with E-state index in [4.69, 9.17) is 5.11 Å². The molecule has 1 saturated carbocycles. The van der Waals surface area contributed by atoms with Crippen molar-refractivity contribution in [3.63, 3.8) is 0 Å². The Hall–Kier alpha value is -1.10. The van der Waals surface area contributed by atoms with Gasteiger partial charge in [-0.3, -0.25) is 9.59 Å². The van der Waals surface area contributed by atoms with Crippen LogP contribution in [0.5, 0.6) is 0 Å². The molecule has 0 bridgehead atoms. The van der Waals surface area contributed by atoms with Crippen molar-refractivity contribution in [3.8, 4) is 0 Å². The molecular weight excluding hydrogens is 220 g/mol. The van der Waals surface area contributed by atoms with Crippen molar-refractivity contribution >= 4 is 11.9 Å². The van der Waals surface area contributed by atoms with Gasteiger partial charge in [0.1, 0.15) is 0 Å². The Morgan fingerprint density at radius 1 is 1.41 bits per heavy atom. The van der Waals surface area contributed by atoms with Gasteiger partial charge in [-0.15, -0.1) is 0 Å². The molecule has 0 radical (unpaired) electrons. The predicted octanol–water partition coefficient (Wildman–Crippen LogP) is 0.357. The second kappa shape index (κ2) is 5.04. The smallest absolute Gasteiger partial charge is 0.303 e. The van der Waals surface area contributed by atoms with Crippen LogP contribution < -0.4 is 10.6 Å². The average molecular weight is 240 g/mol. The number of hydrogen-bond acceptors (Lipinski definition) is 3. The highest BCUT2D eigenvalue weighted by Crippen LogP contribution is 2.43. The first-order chi connectivity index (χ1) is 8.11. The van der Waals surface area contributed by atoms with Crippen LogP contribution in [0.15, 0.2) is 0 Å². The molecule has 0 aromatic carbocycles. The van der Waals surface area contributed by atoms with E-state index in [-0.39, 0.29) is 23.7 Å². The van der Waals surface area contributed by atoms with Gasteiger partial charge in [-0.05, 0) is 31.2 Å². The van der Waals surface area contributed by atoms with Crippen LogP contribution in [0.3, 0.4) is 0 Å². The van der Waals surface area contributed by atoms with Crippen molar-refractivity contribution < 1.29 is 14.7 Å². The zero-order valence-electron chi connectivity index (χ0n) is 10.00. The Morgan fingerprint density at radius 3 is 2.65 bits per heavy atom. The van der Waals surface area contributed by atoms with Gasteiger partial charge in [0.25, 0.3) is 0 Å². The Balaban J connectivity index is 1.79. The molecule has 17 heavy (non-hydrogen) atoms. The highest BCUT2D eigenvalue weighted by molar-refractivity contribution is 5.79. The molecule has 0 aromatic rings. The summed E-state index contributed by atoms with van der Waals surface area (Å²) >= 11 is 0. The summed E-state index contributed by atoms with van der Waals surface area (Å²) in [6.45, 7) is 2.17. The largest absolute Gasteiger partial charge is 0.481 e. The van der Waals surface area contributed by atoms with E-state index in [1.54, 1.807) is 0 Å². The first-order valence-electron chi connectivity index (χ1n) is 6.32. The van der Waals surface area contributed by atoms with Gasteiger partial charge in [-0.2, -0.15) is 0 Å². The summed E-state index contributed by atoms with van der Waals surface area (Å²) < 4.78 is 0. The van der Waals surface area contributed by atoms with Gasteiger partial charge in [-0.25, -0.2) is 0 Å². The van der Waals surface area contributed by atoms with Crippen molar-refractivity contribution in [2.45, 2.75) is 32.1 Å². The fourth-order valence-corrected chi connectivity index (χ4v) is 2.71. The highest BCUT2D eigenvalue weighted by Gasteiger charge is 2.39. The molecule has 1 heterocycles. The van der Waals surface area contributed by atoms with Gasteiger partial charge in [0, 0.05) is 13.1 Å². The maximum Gasteiger partial charge on any atom is 0.303 e. The van der Waals surface area contributed by atoms with E-state index < -0.39 is 5.97 Å². The third kappa shape index (κ3) is 2.97. The Morgan fingerprint density at radius 2 is 2.18 bits per heavy atom. The standard InChI is InChI=1S/C12H20N2O3/c15-10(16)6-12(3-1-4-12)8-14-11(17)9-2-5-13-7-9/h9,13H,1-8H2,(H,14,17)(H,15,16). The zero-order valence-corrected chi connectivity index (χ0v) is 10.00. The number of carboxylic acids is 1. The molecule has 0 aromatic heterocycles. The lowest BCUT2D eigenvalue weighted by molar-refractivity contribution is -0.142. The fourth-order valence-electron chi connectivity index (χ4n) is 2.71. The molecular formula is C12H20N2O3. The summed E-state index contributed by atoms with van der Waals surface area (Å²) in [4.78, 5) is 22.6. The summed E-state index contributed by atoms with van der Waals surface area (Å²) in [5.74, 6) is -0.620. The minimum Gasteiger partial charge on any atom is -0.481 e. The summed E-state index contributed by atoms with van der Waals surface area (Å²) in [6.07, 6.45) is 3.98. The Kier molecular flexibility index (Phi) is 3.66. The van der Waals surface area contributed by atoms with Crippen LogP contribution in [0.2, 0.25) is 0 Å². The molecule has 1 amide bonds. The quantitative estimate of drug-likeness (QED) is 0.648. The van der Waals surface area contributed by atoms with Crippen LogP contribution in [0.25, 0.3) is 0 Å². The molecule has 5 heteroatoms. The fraction of sp³-hybridized carbons (Fsp3) is 0.833. The van der Waals surface area contributed by atoms with Crippen LogP contribution in [-0.2, 0) is 9.59 Å². The summed E-state index contributed by atoms with van der Waals surface area (Å²) in [5.41, 5.74) is -0.173. The number of amides is 1. The number of nitrogens with one attached hydrogen (secondary N) is 2. The van der Waals surface area contributed by atoms with Crippen LogP contribution in [0.1, 0.15) is 32.1 Å². The zero-order chi connectivity index (χ0) is 12.3. The lowest BCUT2D eigenvalue weighted by atomic mass is 9.66. The molecule has 1 atom stereocenters. The summed E-state index contributed by atoms with van der Waals surface area (Å²) in [5, 5.41) is 15.0. The number of rotatable bonds is 5. The molecule has 2 fully saturated rings. The molecule has 2 rings (SSSR count). The molecule has 5 nitrogen and oxygen atoms in total. The number of hydrogen-bond donors (Lipinski definition) is 3. The van der Waals surface area contributed by atoms with Gasteiger partial charge in [0.15, 0.2) is 0 Å². The first-order valence-corrected chi connectivity index (χ1v) is 6.32. The molecule has 1 saturated heterocycles. The van der Waals surface area contributed by atoms with E-state index in [0.29, 0.717) is 6.54 Å². The monoisotopic (exact) mass is 240 g/mol. The van der Waals surface area contributed by atoms with Crippen LogP contribution >= 0.6 is 0 Å². The second-order valence-corrected chi connectivity index (χ2v) is 5.33. The molecule has 3 N–H and O–H groups in total. The predicted molar refractivity (Wildman–Crippen MR) is 62.5 cm³/mol. The Labute approximate surface area is 101 Å². The molecule has 1 aliphatic heterocycles. The highest BCUT2D eigenvalue weighted by atomic mass is 16.4. The van der Waals surface area contributed by atoms with E-state index >= 15 is 0 Å². The van der Waals surface area contributed by atoms with Crippen molar-refractivity contribution in [3.05, 3.63) is 0 Å². The Bertz CT molecular complexity index is 307. The maximum absolute atomic E-state index is 11.8. The lowest BCUT2D eigenvalue weighted by Gasteiger charge is -2.41. The molecule has 1 aliphatic carbocycles. The van der Waals surface area contributed by atoms with Crippen LogP contribution in [0.4, 0.5) is 0 Å². The van der Waals surface area contributed by atoms with Gasteiger partial charge >= 0.3 is 5.97 Å². The van der Waals surface area contributed by atoms with E-state index in [2.05, 4.69) is 10.6 Å². The summed E-state index contributed by atoms with van der Waals surface area (Å²) in [7, 11) is 0. The number of carboxylic acid groups (broad SMARTS) is 1. The maximum atomic E-state index is 11.8. The van der Waals surface area contributed by atoms with E-state index in [1.807, 2.05) is 0 Å². The third-order valence-corrected chi connectivity index (χ3v) is 4.01. The van der Waals surface area contributed by atoms with Crippen molar-refractivity contribution in [1.29, 1.82) is 0 Å². The first kappa shape index (κ1) is 12.4. The minimum absolute atomic E-state index is 0.0666. The SMILES string of the molecule is O=C(O)CC1(CNC(=O)C2CCNC2)CCC1. The van der Waals surface area contributed by atoms with Gasteiger partial charge in [0.05, 0.1) is 12.3 Å². The molecule has 1 unspecified atom stereocenters. The number of carbonyl (C=O) groups excluding carboxylic acids is 1. The third-order valence-electron chi connectivity index (χ3n) is 4.01. The normalized spacial score (nSPS) is 26.2. The van der Waals surface area contributed by atoms with Gasteiger partial charge in [-0.1, -0.05) is 6.42 Å². The number of carbonyl (C=O) groups is 2. The van der Waals surface area contributed by atoms with E-state index in [1.165, 1.54) is 0 Å². The topological polar surface area (TPSA) is 78.4 Å². The van der Waals surface area contributed by atoms with E-state index in [0.717, 1.165) is 38.8 Å². The van der Waals surface area contributed by atoms with Crippen LogP contribution in [0, 0.1) is 11.3 Å². The summed E-state index contributed by atoms with van der Waals surface area (Å²) in [6, 6.07) is 0. The molecule has 96 valence electrons. The van der Waals surface area contributed by atoms with Gasteiger partial charge < -0.3 is 15.7 Å². The average Bonchev–Trinajstić information content (AvgIpc) is 2.74.